The quantitative estimate of drug-likeness (QED) is 0.839. The van der Waals surface area contributed by atoms with E-state index in [1.807, 2.05) is 32.0 Å². The standard InChI is InChI=1S/C19H19N3O4S/c1-11-3-5-14(12(2)7-11)21-17(23)16-9-27-10-22(16)18(24)13-4-6-15(19(25)26)20-8-13/h3-8,16H,9-10H2,1-2H3,(H,21,23)(H,25,26). The molecule has 3 rings (SSSR count). The number of amides is 2. The molecule has 0 saturated carbocycles. The second-order valence-corrected chi connectivity index (χ2v) is 7.34. The van der Waals surface area contributed by atoms with Crippen molar-refractivity contribution in [1.29, 1.82) is 0 Å². The molecule has 1 aliphatic heterocycles. The molecule has 1 atom stereocenters. The maximum atomic E-state index is 12.8. The summed E-state index contributed by atoms with van der Waals surface area (Å²) in [5.41, 5.74) is 2.91. The van der Waals surface area contributed by atoms with Gasteiger partial charge >= 0.3 is 5.97 Å². The van der Waals surface area contributed by atoms with Gasteiger partial charge in [-0.1, -0.05) is 17.7 Å². The molecule has 1 fully saturated rings. The van der Waals surface area contributed by atoms with Crippen molar-refractivity contribution in [3.63, 3.8) is 0 Å². The van der Waals surface area contributed by atoms with Crippen LogP contribution in [-0.2, 0) is 4.79 Å². The van der Waals surface area contributed by atoms with Gasteiger partial charge in [0, 0.05) is 17.6 Å². The van der Waals surface area contributed by atoms with Gasteiger partial charge in [0.05, 0.1) is 11.4 Å². The number of aryl methyl sites for hydroxylation is 2. The van der Waals surface area contributed by atoms with Gasteiger partial charge in [-0.05, 0) is 37.6 Å². The first-order valence-electron chi connectivity index (χ1n) is 8.33. The van der Waals surface area contributed by atoms with Gasteiger partial charge in [0.1, 0.15) is 11.7 Å². The third-order valence-electron chi connectivity index (χ3n) is 4.32. The highest BCUT2D eigenvalue weighted by Gasteiger charge is 2.35. The van der Waals surface area contributed by atoms with Gasteiger partial charge in [-0.3, -0.25) is 9.59 Å². The smallest absolute Gasteiger partial charge is 0.354 e. The Hall–Kier alpha value is -2.87. The number of carboxylic acids is 1. The number of anilines is 1. The van der Waals surface area contributed by atoms with E-state index in [1.165, 1.54) is 35.0 Å². The number of carbonyl (C=O) groups excluding carboxylic acids is 2. The molecule has 8 heteroatoms. The number of benzene rings is 1. The molecule has 2 heterocycles. The molecule has 1 aromatic heterocycles. The van der Waals surface area contributed by atoms with Crippen LogP contribution >= 0.6 is 11.8 Å². The maximum Gasteiger partial charge on any atom is 0.354 e. The number of hydrogen-bond acceptors (Lipinski definition) is 5. The monoisotopic (exact) mass is 385 g/mol. The van der Waals surface area contributed by atoms with E-state index in [4.69, 9.17) is 5.11 Å². The fourth-order valence-corrected chi connectivity index (χ4v) is 4.00. The first kappa shape index (κ1) is 18.9. The van der Waals surface area contributed by atoms with E-state index >= 15 is 0 Å². The molecule has 1 aromatic carbocycles. The molecule has 2 aromatic rings. The van der Waals surface area contributed by atoms with Gasteiger partial charge < -0.3 is 15.3 Å². The number of thioether (sulfide) groups is 1. The highest BCUT2D eigenvalue weighted by atomic mass is 32.2. The Morgan fingerprint density at radius 3 is 2.63 bits per heavy atom. The van der Waals surface area contributed by atoms with E-state index in [2.05, 4.69) is 10.3 Å². The Labute approximate surface area is 160 Å². The molecule has 1 aliphatic rings. The lowest BCUT2D eigenvalue weighted by Crippen LogP contribution is -2.44. The van der Waals surface area contributed by atoms with Crippen LogP contribution in [0.1, 0.15) is 32.0 Å². The zero-order valence-corrected chi connectivity index (χ0v) is 15.7. The molecule has 140 valence electrons. The van der Waals surface area contributed by atoms with Crippen LogP contribution in [0.4, 0.5) is 5.69 Å². The minimum atomic E-state index is -1.16. The SMILES string of the molecule is Cc1ccc(NC(=O)C2CSCN2C(=O)c2ccc(C(=O)O)nc2)c(C)c1. The van der Waals surface area contributed by atoms with Crippen molar-refractivity contribution in [1.82, 2.24) is 9.88 Å². The van der Waals surface area contributed by atoms with Gasteiger partial charge in [0.25, 0.3) is 5.91 Å². The summed E-state index contributed by atoms with van der Waals surface area (Å²) in [5, 5.41) is 11.8. The number of aromatic nitrogens is 1. The highest BCUT2D eigenvalue weighted by Crippen LogP contribution is 2.25. The summed E-state index contributed by atoms with van der Waals surface area (Å²) in [6, 6.07) is 7.86. The molecule has 2 amide bonds. The van der Waals surface area contributed by atoms with Crippen LogP contribution in [-0.4, -0.2) is 50.4 Å². The van der Waals surface area contributed by atoms with E-state index in [1.54, 1.807) is 0 Å². The first-order chi connectivity index (χ1) is 12.9. The summed E-state index contributed by atoms with van der Waals surface area (Å²) in [6.07, 6.45) is 1.23. The molecule has 1 unspecified atom stereocenters. The highest BCUT2D eigenvalue weighted by molar-refractivity contribution is 7.99. The van der Waals surface area contributed by atoms with Crippen LogP contribution in [0.2, 0.25) is 0 Å². The van der Waals surface area contributed by atoms with Crippen LogP contribution < -0.4 is 5.32 Å². The van der Waals surface area contributed by atoms with Gasteiger partial charge in [-0.2, -0.15) is 0 Å². The predicted octanol–water partition coefficient (Wildman–Crippen LogP) is 2.55. The van der Waals surface area contributed by atoms with E-state index in [0.29, 0.717) is 11.6 Å². The molecule has 0 bridgehead atoms. The molecule has 0 aliphatic carbocycles. The number of hydrogen-bond donors (Lipinski definition) is 2. The largest absolute Gasteiger partial charge is 0.477 e. The lowest BCUT2D eigenvalue weighted by Gasteiger charge is -2.23. The topological polar surface area (TPSA) is 99.6 Å². The summed E-state index contributed by atoms with van der Waals surface area (Å²) in [6.45, 7) is 3.90. The minimum absolute atomic E-state index is 0.133. The zero-order chi connectivity index (χ0) is 19.6. The van der Waals surface area contributed by atoms with E-state index in [9.17, 15) is 14.4 Å². The Balaban J connectivity index is 1.74. The van der Waals surface area contributed by atoms with Crippen LogP contribution in [0.3, 0.4) is 0 Å². The third kappa shape index (κ3) is 4.11. The summed E-state index contributed by atoms with van der Waals surface area (Å²) < 4.78 is 0. The Bertz CT molecular complexity index is 898. The number of nitrogens with one attached hydrogen (secondary N) is 1. The lowest BCUT2D eigenvalue weighted by molar-refractivity contribution is -0.119. The molecule has 0 radical (unpaired) electrons. The number of aromatic carboxylic acids is 1. The second-order valence-electron chi connectivity index (χ2n) is 6.34. The molecule has 2 N–H and O–H groups in total. The summed E-state index contributed by atoms with van der Waals surface area (Å²) in [5.74, 6) is -0.842. The minimum Gasteiger partial charge on any atom is -0.477 e. The number of pyridine rings is 1. The van der Waals surface area contributed by atoms with Crippen molar-refractivity contribution in [3.05, 3.63) is 58.9 Å². The summed E-state index contributed by atoms with van der Waals surface area (Å²) in [7, 11) is 0. The summed E-state index contributed by atoms with van der Waals surface area (Å²) in [4.78, 5) is 41.6. The first-order valence-corrected chi connectivity index (χ1v) is 9.48. The average molecular weight is 385 g/mol. The molecule has 27 heavy (non-hydrogen) atoms. The maximum absolute atomic E-state index is 12.8. The number of carboxylic acid groups (broad SMARTS) is 1. The molecule has 0 spiro atoms. The zero-order valence-electron chi connectivity index (χ0n) is 14.9. The van der Waals surface area contributed by atoms with Gasteiger partial charge in [-0.15, -0.1) is 11.8 Å². The third-order valence-corrected chi connectivity index (χ3v) is 5.33. The average Bonchev–Trinajstić information content (AvgIpc) is 3.13. The summed E-state index contributed by atoms with van der Waals surface area (Å²) >= 11 is 1.50. The van der Waals surface area contributed by atoms with E-state index < -0.39 is 12.0 Å². The van der Waals surface area contributed by atoms with Crippen LogP contribution in [0.5, 0.6) is 0 Å². The Morgan fingerprint density at radius 1 is 1.22 bits per heavy atom. The van der Waals surface area contributed by atoms with Crippen LogP contribution in [0, 0.1) is 13.8 Å². The Morgan fingerprint density at radius 2 is 2.00 bits per heavy atom. The number of carbonyl (C=O) groups is 3. The normalized spacial score (nSPS) is 16.2. The van der Waals surface area contributed by atoms with Crippen LogP contribution in [0.15, 0.2) is 36.5 Å². The predicted molar refractivity (Wildman–Crippen MR) is 103 cm³/mol. The van der Waals surface area contributed by atoms with Crippen molar-refractivity contribution in [2.24, 2.45) is 0 Å². The van der Waals surface area contributed by atoms with Crippen molar-refractivity contribution >= 4 is 35.2 Å². The van der Waals surface area contributed by atoms with E-state index in [0.717, 1.165) is 16.8 Å². The molecule has 1 saturated heterocycles. The van der Waals surface area contributed by atoms with Gasteiger partial charge in [0.15, 0.2) is 0 Å². The molecular formula is C19H19N3O4S. The number of nitrogens with zero attached hydrogens (tertiary/aromatic N) is 2. The molecule has 7 nitrogen and oxygen atoms in total. The fraction of sp³-hybridized carbons (Fsp3) is 0.263. The van der Waals surface area contributed by atoms with Gasteiger partial charge in [0.2, 0.25) is 5.91 Å². The fourth-order valence-electron chi connectivity index (χ4n) is 2.84. The van der Waals surface area contributed by atoms with Crippen molar-refractivity contribution in [3.8, 4) is 0 Å². The van der Waals surface area contributed by atoms with Crippen LogP contribution in [0.25, 0.3) is 0 Å². The van der Waals surface area contributed by atoms with Crippen molar-refractivity contribution in [2.75, 3.05) is 16.9 Å². The Kier molecular flexibility index (Phi) is 5.46. The number of rotatable bonds is 4. The van der Waals surface area contributed by atoms with Gasteiger partial charge in [-0.25, -0.2) is 9.78 Å². The van der Waals surface area contributed by atoms with Crippen molar-refractivity contribution < 1.29 is 19.5 Å². The van der Waals surface area contributed by atoms with E-state index in [-0.39, 0.29) is 23.1 Å². The molecular weight excluding hydrogens is 366 g/mol. The van der Waals surface area contributed by atoms with Crippen molar-refractivity contribution in [2.45, 2.75) is 19.9 Å². The lowest BCUT2D eigenvalue weighted by atomic mass is 10.1. The second kappa shape index (κ2) is 7.79.